The summed E-state index contributed by atoms with van der Waals surface area (Å²) < 4.78 is 5.42. The smallest absolute Gasteiger partial charge is 0.231 e. The second kappa shape index (κ2) is 8.46. The van der Waals surface area contributed by atoms with E-state index in [4.69, 9.17) is 21.9 Å². The van der Waals surface area contributed by atoms with Crippen LogP contribution in [0.15, 0.2) is 28.8 Å². The van der Waals surface area contributed by atoms with Crippen LogP contribution in [0, 0.1) is 0 Å². The van der Waals surface area contributed by atoms with Gasteiger partial charge in [-0.05, 0) is 37.1 Å². The second-order valence-electron chi connectivity index (χ2n) is 5.68. The summed E-state index contributed by atoms with van der Waals surface area (Å²) in [5.41, 5.74) is 6.32. The van der Waals surface area contributed by atoms with E-state index in [2.05, 4.69) is 10.1 Å². The molecule has 0 spiro atoms. The number of benzene rings is 1. The summed E-state index contributed by atoms with van der Waals surface area (Å²) >= 11 is 5.89. The molecule has 3 rings (SSSR count). The molecular weight excluding hydrogens is 351 g/mol. The van der Waals surface area contributed by atoms with E-state index in [-0.39, 0.29) is 24.2 Å². The molecular formula is C16H20Cl2N4O2. The van der Waals surface area contributed by atoms with Crippen molar-refractivity contribution in [3.05, 3.63) is 35.2 Å². The second-order valence-corrected chi connectivity index (χ2v) is 6.12. The first-order valence-corrected chi connectivity index (χ1v) is 8.12. The Balaban J connectivity index is 0.00000208. The predicted octanol–water partition coefficient (Wildman–Crippen LogP) is 2.87. The summed E-state index contributed by atoms with van der Waals surface area (Å²) in [5.74, 6) is 1.30. The minimum atomic E-state index is 0. The zero-order chi connectivity index (χ0) is 16.2. The average Bonchev–Trinajstić information content (AvgIpc) is 3.06. The van der Waals surface area contributed by atoms with Crippen LogP contribution in [0.1, 0.15) is 31.1 Å². The lowest BCUT2D eigenvalue weighted by Gasteiger charge is -2.31. The summed E-state index contributed by atoms with van der Waals surface area (Å²) in [6.07, 6.45) is 2.25. The van der Waals surface area contributed by atoms with Gasteiger partial charge >= 0.3 is 0 Å². The number of carbonyl (C=O) groups excluding carboxylic acids is 1. The van der Waals surface area contributed by atoms with Gasteiger partial charge in [0.1, 0.15) is 0 Å². The molecule has 2 N–H and O–H groups in total. The van der Waals surface area contributed by atoms with Crippen LogP contribution in [0.25, 0.3) is 11.4 Å². The van der Waals surface area contributed by atoms with Crippen molar-refractivity contribution in [2.75, 3.05) is 19.6 Å². The quantitative estimate of drug-likeness (QED) is 0.893. The molecule has 1 unspecified atom stereocenters. The fraction of sp³-hybridized carbons (Fsp3) is 0.438. The minimum absolute atomic E-state index is 0. The standard InChI is InChI=1S/C16H19ClN4O2.ClH/c17-13-5-3-11(4-6-13)15-19-16(23-20-15)12-2-1-9-21(10-12)14(22)7-8-18;/h3-6,12H,1-2,7-10,18H2;1H. The number of hydrogen-bond donors (Lipinski definition) is 1. The normalized spacial score (nSPS) is 17.4. The van der Waals surface area contributed by atoms with E-state index in [1.807, 2.05) is 17.0 Å². The van der Waals surface area contributed by atoms with E-state index in [0.717, 1.165) is 24.9 Å². The molecule has 1 saturated heterocycles. The van der Waals surface area contributed by atoms with Crippen LogP contribution in [-0.4, -0.2) is 40.6 Å². The molecule has 24 heavy (non-hydrogen) atoms. The molecule has 1 fully saturated rings. The van der Waals surface area contributed by atoms with E-state index in [1.165, 1.54) is 0 Å². The van der Waals surface area contributed by atoms with Crippen LogP contribution in [0.2, 0.25) is 5.02 Å². The maximum atomic E-state index is 12.0. The van der Waals surface area contributed by atoms with Crippen molar-refractivity contribution in [1.29, 1.82) is 0 Å². The summed E-state index contributed by atoms with van der Waals surface area (Å²) in [4.78, 5) is 18.3. The molecule has 6 nitrogen and oxygen atoms in total. The van der Waals surface area contributed by atoms with E-state index in [9.17, 15) is 4.79 Å². The third kappa shape index (κ3) is 4.26. The van der Waals surface area contributed by atoms with Gasteiger partial charge in [0.15, 0.2) is 0 Å². The summed E-state index contributed by atoms with van der Waals surface area (Å²) in [7, 11) is 0. The maximum absolute atomic E-state index is 12.0. The molecule has 2 heterocycles. The fourth-order valence-corrected chi connectivity index (χ4v) is 2.93. The van der Waals surface area contributed by atoms with Gasteiger partial charge in [-0.1, -0.05) is 16.8 Å². The highest BCUT2D eigenvalue weighted by Gasteiger charge is 2.28. The number of aromatic nitrogens is 2. The Morgan fingerprint density at radius 3 is 2.83 bits per heavy atom. The van der Waals surface area contributed by atoms with Crippen LogP contribution in [0.3, 0.4) is 0 Å². The zero-order valence-corrected chi connectivity index (χ0v) is 14.7. The number of carbonyl (C=O) groups is 1. The summed E-state index contributed by atoms with van der Waals surface area (Å²) in [6, 6.07) is 7.30. The number of likely N-dealkylation sites (tertiary alicyclic amines) is 1. The number of nitrogens with zero attached hydrogens (tertiary/aromatic N) is 3. The van der Waals surface area contributed by atoms with Crippen molar-refractivity contribution >= 4 is 29.9 Å². The Hall–Kier alpha value is -1.63. The molecule has 130 valence electrons. The topological polar surface area (TPSA) is 85.3 Å². The van der Waals surface area contributed by atoms with Gasteiger partial charge < -0.3 is 15.2 Å². The minimum Gasteiger partial charge on any atom is -0.342 e. The van der Waals surface area contributed by atoms with E-state index >= 15 is 0 Å². The Morgan fingerprint density at radius 1 is 1.38 bits per heavy atom. The number of nitrogens with two attached hydrogens (primary N) is 1. The Bertz CT molecular complexity index is 675. The largest absolute Gasteiger partial charge is 0.342 e. The Morgan fingerprint density at radius 2 is 2.12 bits per heavy atom. The van der Waals surface area contributed by atoms with E-state index < -0.39 is 0 Å². The molecule has 1 atom stereocenters. The van der Waals surface area contributed by atoms with Gasteiger partial charge in [-0.3, -0.25) is 4.79 Å². The van der Waals surface area contributed by atoms with Crippen molar-refractivity contribution < 1.29 is 9.32 Å². The highest BCUT2D eigenvalue weighted by Crippen LogP contribution is 2.28. The van der Waals surface area contributed by atoms with Crippen LogP contribution in [-0.2, 0) is 4.79 Å². The molecule has 1 aromatic heterocycles. The third-order valence-electron chi connectivity index (χ3n) is 4.03. The molecule has 1 aliphatic rings. The van der Waals surface area contributed by atoms with Gasteiger partial charge in [0.2, 0.25) is 17.6 Å². The third-order valence-corrected chi connectivity index (χ3v) is 4.28. The van der Waals surface area contributed by atoms with Gasteiger partial charge in [-0.15, -0.1) is 12.4 Å². The Labute approximate surface area is 151 Å². The Kier molecular flexibility index (Phi) is 6.60. The van der Waals surface area contributed by atoms with Gasteiger partial charge in [-0.25, -0.2) is 0 Å². The molecule has 1 aliphatic heterocycles. The molecule has 0 radical (unpaired) electrons. The number of hydrogen-bond acceptors (Lipinski definition) is 5. The van der Waals surface area contributed by atoms with E-state index in [0.29, 0.717) is 36.2 Å². The molecule has 1 amide bonds. The summed E-state index contributed by atoms with van der Waals surface area (Å²) in [5, 5.41) is 4.71. The van der Waals surface area contributed by atoms with E-state index in [1.54, 1.807) is 12.1 Å². The first kappa shape index (κ1) is 18.7. The number of halogens is 2. The molecule has 0 aliphatic carbocycles. The molecule has 0 saturated carbocycles. The first-order chi connectivity index (χ1) is 11.2. The zero-order valence-electron chi connectivity index (χ0n) is 13.2. The van der Waals surface area contributed by atoms with Gasteiger partial charge in [0.25, 0.3) is 0 Å². The molecule has 8 heteroatoms. The van der Waals surface area contributed by atoms with Crippen LogP contribution in [0.4, 0.5) is 0 Å². The summed E-state index contributed by atoms with van der Waals surface area (Å²) in [6.45, 7) is 1.76. The lowest BCUT2D eigenvalue weighted by Crippen LogP contribution is -2.39. The van der Waals surface area contributed by atoms with Crippen LogP contribution < -0.4 is 5.73 Å². The van der Waals surface area contributed by atoms with Crippen molar-refractivity contribution in [2.45, 2.75) is 25.2 Å². The lowest BCUT2D eigenvalue weighted by atomic mass is 9.97. The van der Waals surface area contributed by atoms with Crippen molar-refractivity contribution in [3.63, 3.8) is 0 Å². The number of piperidine rings is 1. The monoisotopic (exact) mass is 370 g/mol. The van der Waals surface area contributed by atoms with Crippen LogP contribution in [0.5, 0.6) is 0 Å². The maximum Gasteiger partial charge on any atom is 0.231 e. The SMILES string of the molecule is Cl.NCCC(=O)N1CCCC(c2nc(-c3ccc(Cl)cc3)no2)C1. The molecule has 0 bridgehead atoms. The molecule has 2 aromatic rings. The molecule has 1 aromatic carbocycles. The van der Waals surface area contributed by atoms with Crippen molar-refractivity contribution in [1.82, 2.24) is 15.0 Å². The van der Waals surface area contributed by atoms with Gasteiger partial charge in [0, 0.05) is 36.6 Å². The van der Waals surface area contributed by atoms with Crippen molar-refractivity contribution in [3.8, 4) is 11.4 Å². The fourth-order valence-electron chi connectivity index (χ4n) is 2.80. The van der Waals surface area contributed by atoms with Crippen LogP contribution >= 0.6 is 24.0 Å². The lowest BCUT2D eigenvalue weighted by molar-refractivity contribution is -0.132. The number of amides is 1. The number of rotatable bonds is 4. The van der Waals surface area contributed by atoms with Crippen molar-refractivity contribution in [2.24, 2.45) is 5.73 Å². The van der Waals surface area contributed by atoms with Gasteiger partial charge in [-0.2, -0.15) is 4.98 Å². The predicted molar refractivity (Wildman–Crippen MR) is 94.2 cm³/mol. The first-order valence-electron chi connectivity index (χ1n) is 7.75. The highest BCUT2D eigenvalue weighted by molar-refractivity contribution is 6.30. The highest BCUT2D eigenvalue weighted by atomic mass is 35.5. The van der Waals surface area contributed by atoms with Gasteiger partial charge in [0.05, 0.1) is 5.92 Å². The average molecular weight is 371 g/mol.